The molecule has 0 aliphatic heterocycles. The molecule has 0 bridgehead atoms. The molecule has 1 heterocycles. The molecule has 10 atom stereocenters. The minimum absolute atomic E-state index is 0.0175. The Labute approximate surface area is 353 Å². The van der Waals surface area contributed by atoms with E-state index in [1.54, 1.807) is 6.92 Å². The average Bonchev–Trinajstić information content (AvgIpc) is 3.54. The number of rotatable bonds is 8. The Morgan fingerprint density at radius 3 is 2.03 bits per heavy atom. The monoisotopic (exact) mass is 819 g/mol. The third kappa shape index (κ3) is 6.45. The summed E-state index contributed by atoms with van der Waals surface area (Å²) in [7, 11) is 0. The van der Waals surface area contributed by atoms with Crippen molar-refractivity contribution in [2.24, 2.45) is 50.2 Å². The molecule has 0 unspecified atom stereocenters. The molecule has 3 aromatic rings. The molecule has 1 aromatic heterocycles. The van der Waals surface area contributed by atoms with Crippen molar-refractivity contribution in [1.82, 2.24) is 5.32 Å². The van der Waals surface area contributed by atoms with Crippen molar-refractivity contribution in [2.75, 3.05) is 0 Å². The second-order valence-electron chi connectivity index (χ2n) is 20.4. The number of carbonyl (C=O) groups excluding carboxylic acids is 4. The lowest BCUT2D eigenvalue weighted by Gasteiger charge is -2.70. The van der Waals surface area contributed by atoms with E-state index in [-0.39, 0.29) is 64.4 Å². The highest BCUT2D eigenvalue weighted by atomic mass is 16.6. The number of nitrogens with one attached hydrogen (secondary N) is 1. The molecule has 5 aliphatic rings. The zero-order valence-electron chi connectivity index (χ0n) is 36.5. The van der Waals surface area contributed by atoms with Crippen LogP contribution in [0.25, 0.3) is 0 Å². The van der Waals surface area contributed by atoms with Crippen molar-refractivity contribution in [3.8, 4) is 0 Å². The van der Waals surface area contributed by atoms with Gasteiger partial charge < -0.3 is 23.6 Å². The number of ether oxygens (including phenoxy) is 2. The summed E-state index contributed by atoms with van der Waals surface area (Å²) in [5.41, 5.74) is -0.318. The molecule has 60 heavy (non-hydrogen) atoms. The fraction of sp³-hybridized carbons (Fsp3) is 0.580. The van der Waals surface area contributed by atoms with Crippen molar-refractivity contribution in [2.45, 2.75) is 132 Å². The molecule has 1 amide bonds. The van der Waals surface area contributed by atoms with Crippen LogP contribution in [-0.2, 0) is 35.3 Å². The minimum Gasteiger partial charge on any atom is -0.457 e. The summed E-state index contributed by atoms with van der Waals surface area (Å²) in [4.78, 5) is 68.7. The lowest BCUT2D eigenvalue weighted by atomic mass is 9.33. The first-order chi connectivity index (χ1) is 28.3. The molecule has 4 fully saturated rings. The second kappa shape index (κ2) is 14.7. The number of carbonyl (C=O) groups is 4. The van der Waals surface area contributed by atoms with Crippen LogP contribution in [0, 0.1) is 57.2 Å². The van der Waals surface area contributed by atoms with Gasteiger partial charge in [0.25, 0.3) is 0 Å². The molecular formula is C50H61NO9. The molecule has 4 saturated carbocycles. The van der Waals surface area contributed by atoms with Crippen LogP contribution in [0.15, 0.2) is 85.9 Å². The van der Waals surface area contributed by atoms with Crippen LogP contribution < -0.4 is 11.1 Å². The summed E-state index contributed by atoms with van der Waals surface area (Å²) in [6, 6.07) is 19.3. The van der Waals surface area contributed by atoms with E-state index < -0.39 is 45.6 Å². The van der Waals surface area contributed by atoms with Gasteiger partial charge in [-0.05, 0) is 129 Å². The molecule has 10 nitrogen and oxygen atoms in total. The molecule has 0 radical (unpaired) electrons. The number of fused-ring (bicyclic) bond motifs is 7. The SMILES string of the molecule is CC(=O)N[C@H]1CC[C@@]2(C)[C@@H](CC[C@]3(C)[C@@H]2C(=O)C=C2[C@@H]4C[C@@](C)(C(=O)OC(c5ccccc5)c5ccccc5)CC[C@]4(C)CC[C@]23C)[C@]1(C)C(=O)OCc1oc(=O)oc1C. The van der Waals surface area contributed by atoms with Gasteiger partial charge in [0.2, 0.25) is 5.91 Å². The first kappa shape index (κ1) is 42.0. The minimum atomic E-state index is -1.17. The maximum atomic E-state index is 15.2. The molecule has 0 saturated heterocycles. The van der Waals surface area contributed by atoms with Gasteiger partial charge in [0.1, 0.15) is 0 Å². The molecular weight excluding hydrogens is 759 g/mol. The summed E-state index contributed by atoms with van der Waals surface area (Å²) in [5, 5.41) is 3.08. The number of aryl methyl sites for hydroxylation is 1. The topological polar surface area (TPSA) is 142 Å². The average molecular weight is 820 g/mol. The molecule has 5 aliphatic carbocycles. The lowest BCUT2D eigenvalue weighted by Crippen LogP contribution is -2.69. The van der Waals surface area contributed by atoms with Crippen LogP contribution in [-0.4, -0.2) is 29.7 Å². The van der Waals surface area contributed by atoms with Gasteiger partial charge in [-0.25, -0.2) is 4.79 Å². The molecule has 1 N–H and O–H groups in total. The van der Waals surface area contributed by atoms with E-state index in [0.29, 0.717) is 38.5 Å². The van der Waals surface area contributed by atoms with E-state index >= 15 is 4.79 Å². The third-order valence-electron chi connectivity index (χ3n) is 17.2. The zero-order valence-corrected chi connectivity index (χ0v) is 36.5. The molecule has 320 valence electrons. The molecule has 0 spiro atoms. The van der Waals surface area contributed by atoms with Crippen molar-refractivity contribution in [3.63, 3.8) is 0 Å². The summed E-state index contributed by atoms with van der Waals surface area (Å²) >= 11 is 0. The normalized spacial score (nSPS) is 37.1. The van der Waals surface area contributed by atoms with Gasteiger partial charge in [0.15, 0.2) is 30.0 Å². The van der Waals surface area contributed by atoms with Crippen LogP contribution in [0.3, 0.4) is 0 Å². The van der Waals surface area contributed by atoms with Gasteiger partial charge in [-0.2, -0.15) is 0 Å². The van der Waals surface area contributed by atoms with Gasteiger partial charge >= 0.3 is 17.8 Å². The largest absolute Gasteiger partial charge is 0.519 e. The Kier molecular flexibility index (Phi) is 10.3. The van der Waals surface area contributed by atoms with Gasteiger partial charge in [-0.1, -0.05) is 93.9 Å². The van der Waals surface area contributed by atoms with Crippen LogP contribution in [0.5, 0.6) is 0 Å². The number of esters is 2. The predicted octanol–water partition coefficient (Wildman–Crippen LogP) is 9.38. The second-order valence-corrected chi connectivity index (χ2v) is 20.4. The Morgan fingerprint density at radius 2 is 1.43 bits per heavy atom. The maximum absolute atomic E-state index is 15.2. The van der Waals surface area contributed by atoms with E-state index in [1.165, 1.54) is 12.5 Å². The van der Waals surface area contributed by atoms with Crippen LogP contribution >= 0.6 is 0 Å². The summed E-state index contributed by atoms with van der Waals surface area (Å²) in [6.45, 7) is 15.9. The van der Waals surface area contributed by atoms with Gasteiger partial charge in [-0.15, -0.1) is 0 Å². The van der Waals surface area contributed by atoms with Crippen LogP contribution in [0.4, 0.5) is 0 Å². The van der Waals surface area contributed by atoms with Crippen LogP contribution in [0.1, 0.15) is 135 Å². The molecule has 10 heteroatoms. The number of benzene rings is 2. The van der Waals surface area contributed by atoms with E-state index in [2.05, 4.69) is 39.9 Å². The fourth-order valence-corrected chi connectivity index (χ4v) is 13.4. The standard InChI is InChI=1S/C50H61NO9/c1-30-37(59-44(56)58-30)29-57-43(55)50(8)38-19-22-49(7)41(47(38,5)21-20-39(50)51-31(2)52)36(53)27-34-35-28-46(4,24-23-45(35,3)25-26-48(34,49)6)42(54)60-40(32-15-11-9-12-16-32)33-17-13-10-14-18-33/h9-18,27,35,38-41H,19-26,28-29H2,1-8H3,(H,51,52)/t35-,38+,39-,41+,45+,46-,47-,48+,49+,50-/m0/s1. The van der Waals surface area contributed by atoms with E-state index in [9.17, 15) is 19.2 Å². The van der Waals surface area contributed by atoms with Crippen LogP contribution in [0.2, 0.25) is 0 Å². The van der Waals surface area contributed by atoms with Crippen molar-refractivity contribution in [1.29, 1.82) is 0 Å². The predicted molar refractivity (Wildman–Crippen MR) is 224 cm³/mol. The number of hydrogen-bond acceptors (Lipinski definition) is 9. The van der Waals surface area contributed by atoms with E-state index in [4.69, 9.17) is 18.3 Å². The first-order valence-electron chi connectivity index (χ1n) is 21.9. The lowest BCUT2D eigenvalue weighted by molar-refractivity contribution is -0.205. The first-order valence-corrected chi connectivity index (χ1v) is 21.9. The third-order valence-corrected chi connectivity index (χ3v) is 17.2. The van der Waals surface area contributed by atoms with Gasteiger partial charge in [0, 0.05) is 18.9 Å². The Morgan fingerprint density at radius 1 is 0.800 bits per heavy atom. The smallest absolute Gasteiger partial charge is 0.457 e. The van der Waals surface area contributed by atoms with Crippen molar-refractivity contribution < 1.29 is 37.5 Å². The number of amides is 1. The Bertz CT molecular complexity index is 2240. The van der Waals surface area contributed by atoms with E-state index in [1.807, 2.05) is 73.7 Å². The number of ketones is 1. The maximum Gasteiger partial charge on any atom is 0.519 e. The highest BCUT2D eigenvalue weighted by molar-refractivity contribution is 5.96. The van der Waals surface area contributed by atoms with E-state index in [0.717, 1.165) is 30.4 Å². The summed E-state index contributed by atoms with van der Waals surface area (Å²) < 4.78 is 22.6. The number of hydrogen-bond donors (Lipinski definition) is 1. The highest BCUT2D eigenvalue weighted by Gasteiger charge is 2.72. The fourth-order valence-electron chi connectivity index (χ4n) is 13.4. The Hall–Kier alpha value is -4.73. The van der Waals surface area contributed by atoms with Gasteiger partial charge in [0.05, 0.1) is 10.8 Å². The highest BCUT2D eigenvalue weighted by Crippen LogP contribution is 2.75. The number of allylic oxidation sites excluding steroid dienone is 2. The van der Waals surface area contributed by atoms with Crippen molar-refractivity contribution in [3.05, 3.63) is 106 Å². The van der Waals surface area contributed by atoms with Gasteiger partial charge in [-0.3, -0.25) is 19.2 Å². The Balaban J connectivity index is 1.11. The molecule has 8 rings (SSSR count). The summed E-state index contributed by atoms with van der Waals surface area (Å²) in [5.74, 6) is -1.99. The molecule has 2 aromatic carbocycles. The summed E-state index contributed by atoms with van der Waals surface area (Å²) in [6.07, 6.45) is 8.05. The quantitative estimate of drug-likeness (QED) is 0.220. The van der Waals surface area contributed by atoms with Crippen molar-refractivity contribution >= 4 is 23.6 Å². The zero-order chi connectivity index (χ0) is 43.0.